The summed E-state index contributed by atoms with van der Waals surface area (Å²) in [5.74, 6) is -0.913. The average Bonchev–Trinajstić information content (AvgIpc) is 2.36. The van der Waals surface area contributed by atoms with Crippen molar-refractivity contribution in [2.45, 2.75) is 23.6 Å². The summed E-state index contributed by atoms with van der Waals surface area (Å²) >= 11 is 5.04. The molecule has 0 atom stereocenters. The lowest BCUT2D eigenvalue weighted by Gasteiger charge is -2.07. The van der Waals surface area contributed by atoms with Gasteiger partial charge < -0.3 is 5.11 Å². The molecule has 0 spiro atoms. The van der Waals surface area contributed by atoms with Crippen molar-refractivity contribution in [3.8, 4) is 0 Å². The maximum atomic E-state index is 10.9. The second-order valence-electron chi connectivity index (χ2n) is 4.30. The highest BCUT2D eigenvalue weighted by Crippen LogP contribution is 2.34. The number of carbonyl (C=O) groups is 1. The summed E-state index contributed by atoms with van der Waals surface area (Å²) in [6.07, 6.45) is 0. The van der Waals surface area contributed by atoms with E-state index in [-0.39, 0.29) is 5.56 Å². The Balaban J connectivity index is 2.28. The van der Waals surface area contributed by atoms with Crippen molar-refractivity contribution in [3.05, 3.63) is 57.6 Å². The van der Waals surface area contributed by atoms with Gasteiger partial charge in [0.1, 0.15) is 0 Å². The lowest BCUT2D eigenvalue weighted by molar-refractivity contribution is 0.0696. The van der Waals surface area contributed by atoms with Crippen LogP contribution in [-0.2, 0) is 0 Å². The Bertz CT molecular complexity index is 638. The van der Waals surface area contributed by atoms with E-state index in [2.05, 4.69) is 48.0 Å². The summed E-state index contributed by atoms with van der Waals surface area (Å²) in [6.45, 7) is 4.17. The topological polar surface area (TPSA) is 37.3 Å². The normalized spacial score (nSPS) is 10.5. The molecule has 0 radical (unpaired) electrons. The Morgan fingerprint density at radius 1 is 1.11 bits per heavy atom. The molecule has 0 heterocycles. The molecule has 19 heavy (non-hydrogen) atoms. The minimum atomic E-state index is -0.913. The summed E-state index contributed by atoms with van der Waals surface area (Å²) in [5, 5.41) is 8.93. The Morgan fingerprint density at radius 2 is 1.84 bits per heavy atom. The number of hydrogen-bond acceptors (Lipinski definition) is 2. The van der Waals surface area contributed by atoms with Crippen LogP contribution in [-0.4, -0.2) is 11.1 Å². The van der Waals surface area contributed by atoms with E-state index < -0.39 is 5.97 Å². The number of benzene rings is 2. The van der Waals surface area contributed by atoms with E-state index in [1.165, 1.54) is 11.1 Å². The standard InChI is InChI=1S/C15H13BrO2S/c1-9-3-5-12(7-10(9)2)19-14-6-4-11(15(17)18)8-13(14)16/h3-8H,1-2H3,(H,17,18). The molecule has 0 saturated carbocycles. The molecule has 98 valence electrons. The van der Waals surface area contributed by atoms with Gasteiger partial charge in [0, 0.05) is 14.3 Å². The first-order chi connectivity index (χ1) is 8.97. The third kappa shape index (κ3) is 3.39. The Hall–Kier alpha value is -1.26. The summed E-state index contributed by atoms with van der Waals surface area (Å²) in [7, 11) is 0. The quantitative estimate of drug-likeness (QED) is 0.864. The summed E-state index contributed by atoms with van der Waals surface area (Å²) in [6, 6.07) is 11.4. The molecule has 0 aromatic heterocycles. The van der Waals surface area contributed by atoms with Gasteiger partial charge in [0.25, 0.3) is 0 Å². The van der Waals surface area contributed by atoms with Gasteiger partial charge in [-0.2, -0.15) is 0 Å². The van der Waals surface area contributed by atoms with Crippen LogP contribution in [0.25, 0.3) is 0 Å². The van der Waals surface area contributed by atoms with Crippen LogP contribution in [0.5, 0.6) is 0 Å². The van der Waals surface area contributed by atoms with Gasteiger partial charge >= 0.3 is 5.97 Å². The number of halogens is 1. The molecule has 2 nitrogen and oxygen atoms in total. The van der Waals surface area contributed by atoms with Gasteiger partial charge in [-0.15, -0.1) is 0 Å². The molecule has 1 N–H and O–H groups in total. The predicted octanol–water partition coefficient (Wildman–Crippen LogP) is 4.92. The van der Waals surface area contributed by atoms with Crippen LogP contribution in [0.15, 0.2) is 50.7 Å². The molecule has 0 bridgehead atoms. The molecule has 0 unspecified atom stereocenters. The van der Waals surface area contributed by atoms with Gasteiger partial charge in [-0.3, -0.25) is 0 Å². The molecule has 0 aliphatic carbocycles. The monoisotopic (exact) mass is 336 g/mol. The maximum absolute atomic E-state index is 10.9. The van der Waals surface area contributed by atoms with Gasteiger partial charge in [0.15, 0.2) is 0 Å². The van der Waals surface area contributed by atoms with Crippen LogP contribution >= 0.6 is 27.7 Å². The van der Waals surface area contributed by atoms with Crippen LogP contribution in [0, 0.1) is 13.8 Å². The lowest BCUT2D eigenvalue weighted by Crippen LogP contribution is -1.95. The average molecular weight is 337 g/mol. The van der Waals surface area contributed by atoms with Gasteiger partial charge in [-0.05, 0) is 71.2 Å². The third-order valence-corrected chi connectivity index (χ3v) is 4.87. The van der Waals surface area contributed by atoms with Crippen LogP contribution in [0.3, 0.4) is 0 Å². The largest absolute Gasteiger partial charge is 0.478 e. The first-order valence-electron chi connectivity index (χ1n) is 5.75. The first-order valence-corrected chi connectivity index (χ1v) is 7.36. The Morgan fingerprint density at radius 3 is 2.42 bits per heavy atom. The molecule has 2 rings (SSSR count). The smallest absolute Gasteiger partial charge is 0.335 e. The van der Waals surface area contributed by atoms with E-state index in [1.54, 1.807) is 23.9 Å². The van der Waals surface area contributed by atoms with Crippen molar-refractivity contribution in [2.24, 2.45) is 0 Å². The highest BCUT2D eigenvalue weighted by Gasteiger charge is 2.08. The van der Waals surface area contributed by atoms with Crippen LogP contribution < -0.4 is 0 Å². The van der Waals surface area contributed by atoms with Crippen molar-refractivity contribution in [1.29, 1.82) is 0 Å². The maximum Gasteiger partial charge on any atom is 0.335 e. The van der Waals surface area contributed by atoms with Crippen molar-refractivity contribution < 1.29 is 9.90 Å². The minimum Gasteiger partial charge on any atom is -0.478 e. The Kier molecular flexibility index (Phi) is 4.32. The summed E-state index contributed by atoms with van der Waals surface area (Å²) < 4.78 is 0.802. The van der Waals surface area contributed by atoms with E-state index in [4.69, 9.17) is 5.11 Å². The van der Waals surface area contributed by atoms with Gasteiger partial charge in [0.05, 0.1) is 5.56 Å². The van der Waals surface area contributed by atoms with Crippen LogP contribution in [0.2, 0.25) is 0 Å². The molecule has 0 aliphatic heterocycles. The van der Waals surface area contributed by atoms with E-state index >= 15 is 0 Å². The highest BCUT2D eigenvalue weighted by molar-refractivity contribution is 9.10. The third-order valence-electron chi connectivity index (χ3n) is 2.89. The number of aromatic carboxylic acids is 1. The van der Waals surface area contributed by atoms with Crippen molar-refractivity contribution in [3.63, 3.8) is 0 Å². The van der Waals surface area contributed by atoms with E-state index in [9.17, 15) is 4.79 Å². The number of carboxylic acid groups (broad SMARTS) is 1. The number of aryl methyl sites for hydroxylation is 2. The summed E-state index contributed by atoms with van der Waals surface area (Å²) in [5.41, 5.74) is 2.81. The molecule has 0 saturated heterocycles. The summed E-state index contributed by atoms with van der Waals surface area (Å²) in [4.78, 5) is 13.0. The van der Waals surface area contributed by atoms with Crippen molar-refractivity contribution in [2.75, 3.05) is 0 Å². The van der Waals surface area contributed by atoms with Crippen LogP contribution in [0.4, 0.5) is 0 Å². The molecule has 0 fully saturated rings. The number of rotatable bonds is 3. The fourth-order valence-corrected chi connectivity index (χ4v) is 3.16. The van der Waals surface area contributed by atoms with Gasteiger partial charge in [-0.1, -0.05) is 17.8 Å². The zero-order chi connectivity index (χ0) is 14.0. The molecular weight excluding hydrogens is 324 g/mol. The molecule has 2 aromatic carbocycles. The van der Waals surface area contributed by atoms with E-state index in [0.29, 0.717) is 0 Å². The molecule has 0 amide bonds. The molecule has 2 aromatic rings. The predicted molar refractivity (Wildman–Crippen MR) is 81.1 cm³/mol. The lowest BCUT2D eigenvalue weighted by atomic mass is 10.1. The fourth-order valence-electron chi connectivity index (χ4n) is 1.62. The second kappa shape index (κ2) is 5.80. The van der Waals surface area contributed by atoms with Gasteiger partial charge in [0.2, 0.25) is 0 Å². The zero-order valence-electron chi connectivity index (χ0n) is 10.6. The van der Waals surface area contributed by atoms with Crippen molar-refractivity contribution in [1.82, 2.24) is 0 Å². The van der Waals surface area contributed by atoms with E-state index in [1.807, 2.05) is 6.07 Å². The highest BCUT2D eigenvalue weighted by atomic mass is 79.9. The SMILES string of the molecule is Cc1ccc(Sc2ccc(C(=O)O)cc2Br)cc1C. The molecule has 0 aliphatic rings. The first kappa shape index (κ1) is 14.2. The van der Waals surface area contributed by atoms with Crippen LogP contribution in [0.1, 0.15) is 21.5 Å². The van der Waals surface area contributed by atoms with Gasteiger partial charge in [-0.25, -0.2) is 4.79 Å². The second-order valence-corrected chi connectivity index (χ2v) is 6.27. The van der Waals surface area contributed by atoms with Crippen molar-refractivity contribution >= 4 is 33.7 Å². The molecule has 4 heteroatoms. The Labute approximate surface area is 125 Å². The fraction of sp³-hybridized carbons (Fsp3) is 0.133. The van der Waals surface area contributed by atoms with E-state index in [0.717, 1.165) is 14.3 Å². The zero-order valence-corrected chi connectivity index (χ0v) is 13.0. The molecular formula is C15H13BrO2S. The number of carboxylic acids is 1. The minimum absolute atomic E-state index is 0.288. The number of hydrogen-bond donors (Lipinski definition) is 1.